The summed E-state index contributed by atoms with van der Waals surface area (Å²) in [5, 5.41) is 9.83. The number of piperidine rings is 1. The third-order valence-corrected chi connectivity index (χ3v) is 3.90. The summed E-state index contributed by atoms with van der Waals surface area (Å²) in [6.07, 6.45) is 1.72. The van der Waals surface area contributed by atoms with Gasteiger partial charge in [0, 0.05) is 19.0 Å². The Morgan fingerprint density at radius 3 is 2.85 bits per heavy atom. The van der Waals surface area contributed by atoms with Crippen molar-refractivity contribution in [3.63, 3.8) is 0 Å². The third kappa shape index (κ3) is 3.97. The van der Waals surface area contributed by atoms with Gasteiger partial charge in [0.15, 0.2) is 0 Å². The molecule has 1 aromatic carbocycles. The number of rotatable bonds is 5. The van der Waals surface area contributed by atoms with Crippen LogP contribution in [0.1, 0.15) is 26.2 Å². The molecule has 4 nitrogen and oxygen atoms in total. The molecule has 20 heavy (non-hydrogen) atoms. The number of amides is 1. The Hall–Kier alpha value is -1.55. The van der Waals surface area contributed by atoms with Gasteiger partial charge in [0.2, 0.25) is 5.91 Å². The van der Waals surface area contributed by atoms with Gasteiger partial charge in [-0.1, -0.05) is 25.1 Å². The molecule has 2 atom stereocenters. The molecule has 0 spiro atoms. The molecule has 1 N–H and O–H groups in total. The number of nitrogens with zero attached hydrogens (tertiary/aromatic N) is 1. The average molecular weight is 277 g/mol. The van der Waals surface area contributed by atoms with Crippen LogP contribution in [0.2, 0.25) is 0 Å². The maximum absolute atomic E-state index is 12.1. The smallest absolute Gasteiger partial charge is 0.226 e. The summed E-state index contributed by atoms with van der Waals surface area (Å²) in [7, 11) is 0. The van der Waals surface area contributed by atoms with Gasteiger partial charge in [0.1, 0.15) is 5.75 Å². The molecule has 0 saturated carbocycles. The summed E-state index contributed by atoms with van der Waals surface area (Å²) in [5.74, 6) is 1.12. The second-order valence-electron chi connectivity index (χ2n) is 5.28. The monoisotopic (exact) mass is 277 g/mol. The Morgan fingerprint density at radius 1 is 1.40 bits per heavy atom. The van der Waals surface area contributed by atoms with Crippen LogP contribution in [-0.2, 0) is 4.79 Å². The molecule has 2 rings (SSSR count). The predicted molar refractivity (Wildman–Crippen MR) is 77.5 cm³/mol. The fraction of sp³-hybridized carbons (Fsp3) is 0.562. The summed E-state index contributed by atoms with van der Waals surface area (Å²) < 4.78 is 5.54. The Labute approximate surface area is 120 Å². The number of para-hydroxylation sites is 1. The zero-order chi connectivity index (χ0) is 14.4. The van der Waals surface area contributed by atoms with Crippen LogP contribution >= 0.6 is 0 Å². The summed E-state index contributed by atoms with van der Waals surface area (Å²) in [4.78, 5) is 14.0. The second-order valence-corrected chi connectivity index (χ2v) is 5.28. The summed E-state index contributed by atoms with van der Waals surface area (Å²) >= 11 is 0. The van der Waals surface area contributed by atoms with E-state index in [-0.39, 0.29) is 17.9 Å². The average Bonchev–Trinajstić information content (AvgIpc) is 2.48. The Balaban J connectivity index is 1.75. The van der Waals surface area contributed by atoms with Crippen molar-refractivity contribution in [2.75, 3.05) is 19.7 Å². The number of aliphatic hydroxyl groups is 1. The lowest BCUT2D eigenvalue weighted by atomic mass is 9.92. The zero-order valence-corrected chi connectivity index (χ0v) is 12.0. The van der Waals surface area contributed by atoms with E-state index in [9.17, 15) is 9.90 Å². The number of carbonyl (C=O) groups is 1. The lowest BCUT2D eigenvalue weighted by Crippen LogP contribution is -2.46. The number of hydrogen-bond donors (Lipinski definition) is 1. The van der Waals surface area contributed by atoms with Gasteiger partial charge in [-0.15, -0.1) is 0 Å². The van der Waals surface area contributed by atoms with Crippen molar-refractivity contribution in [3.05, 3.63) is 30.3 Å². The first-order valence-electron chi connectivity index (χ1n) is 7.34. The number of likely N-dealkylation sites (tertiary alicyclic amines) is 1. The van der Waals surface area contributed by atoms with E-state index in [1.807, 2.05) is 35.2 Å². The van der Waals surface area contributed by atoms with Crippen LogP contribution in [0.3, 0.4) is 0 Å². The normalized spacial score (nSPS) is 22.6. The SMILES string of the molecule is CCC1CN(C(=O)CCOc2ccccc2)CCC1O. The van der Waals surface area contributed by atoms with E-state index in [1.54, 1.807) is 0 Å². The molecule has 0 radical (unpaired) electrons. The van der Waals surface area contributed by atoms with Crippen LogP contribution in [0, 0.1) is 5.92 Å². The minimum Gasteiger partial charge on any atom is -0.493 e. The van der Waals surface area contributed by atoms with Crippen molar-refractivity contribution >= 4 is 5.91 Å². The molecule has 0 aromatic heterocycles. The van der Waals surface area contributed by atoms with Crippen molar-refractivity contribution in [2.24, 2.45) is 5.92 Å². The first-order chi connectivity index (χ1) is 9.70. The van der Waals surface area contributed by atoms with Crippen LogP contribution in [0.4, 0.5) is 0 Å². The molecule has 0 aliphatic carbocycles. The van der Waals surface area contributed by atoms with Gasteiger partial charge >= 0.3 is 0 Å². The van der Waals surface area contributed by atoms with Gasteiger partial charge in [-0.25, -0.2) is 0 Å². The summed E-state index contributed by atoms with van der Waals surface area (Å²) in [5.41, 5.74) is 0. The highest BCUT2D eigenvalue weighted by Gasteiger charge is 2.28. The highest BCUT2D eigenvalue weighted by molar-refractivity contribution is 5.76. The van der Waals surface area contributed by atoms with E-state index in [0.717, 1.165) is 12.2 Å². The van der Waals surface area contributed by atoms with Gasteiger partial charge in [-0.05, 0) is 25.0 Å². The quantitative estimate of drug-likeness (QED) is 0.896. The Morgan fingerprint density at radius 2 is 2.15 bits per heavy atom. The number of carbonyl (C=O) groups excluding carboxylic acids is 1. The molecule has 4 heteroatoms. The topological polar surface area (TPSA) is 49.8 Å². The predicted octanol–water partition coefficient (Wildman–Crippen LogP) is 2.07. The molecule has 1 saturated heterocycles. The molecular weight excluding hydrogens is 254 g/mol. The largest absolute Gasteiger partial charge is 0.493 e. The van der Waals surface area contributed by atoms with E-state index in [0.29, 0.717) is 32.5 Å². The first-order valence-corrected chi connectivity index (χ1v) is 7.34. The zero-order valence-electron chi connectivity index (χ0n) is 12.0. The van der Waals surface area contributed by atoms with Crippen molar-refractivity contribution in [1.29, 1.82) is 0 Å². The molecule has 1 fully saturated rings. The van der Waals surface area contributed by atoms with E-state index >= 15 is 0 Å². The fourth-order valence-electron chi connectivity index (χ4n) is 2.58. The van der Waals surface area contributed by atoms with Gasteiger partial charge in [-0.3, -0.25) is 4.79 Å². The minimum absolute atomic E-state index is 0.117. The highest BCUT2D eigenvalue weighted by Crippen LogP contribution is 2.20. The van der Waals surface area contributed by atoms with Crippen LogP contribution in [0.5, 0.6) is 5.75 Å². The highest BCUT2D eigenvalue weighted by atomic mass is 16.5. The molecule has 1 aliphatic heterocycles. The number of benzene rings is 1. The van der Waals surface area contributed by atoms with Crippen LogP contribution in [0.25, 0.3) is 0 Å². The molecule has 1 heterocycles. The molecule has 110 valence electrons. The molecule has 0 bridgehead atoms. The number of ether oxygens (including phenoxy) is 1. The van der Waals surface area contributed by atoms with Gasteiger partial charge in [0.05, 0.1) is 19.1 Å². The van der Waals surface area contributed by atoms with Crippen LogP contribution in [0.15, 0.2) is 30.3 Å². The second kappa shape index (κ2) is 7.29. The van der Waals surface area contributed by atoms with Crippen molar-refractivity contribution in [1.82, 2.24) is 4.90 Å². The van der Waals surface area contributed by atoms with Gasteiger partial charge in [-0.2, -0.15) is 0 Å². The van der Waals surface area contributed by atoms with E-state index in [4.69, 9.17) is 4.74 Å². The molecule has 1 aromatic rings. The number of aliphatic hydroxyl groups excluding tert-OH is 1. The van der Waals surface area contributed by atoms with Gasteiger partial charge in [0.25, 0.3) is 0 Å². The van der Waals surface area contributed by atoms with Crippen LogP contribution < -0.4 is 4.74 Å². The Kier molecular flexibility index (Phi) is 5.41. The molecular formula is C16H23NO3. The lowest BCUT2D eigenvalue weighted by molar-refractivity contribution is -0.135. The lowest BCUT2D eigenvalue weighted by Gasteiger charge is -2.35. The van der Waals surface area contributed by atoms with Crippen molar-refractivity contribution in [2.45, 2.75) is 32.3 Å². The van der Waals surface area contributed by atoms with Crippen molar-refractivity contribution < 1.29 is 14.6 Å². The van der Waals surface area contributed by atoms with Crippen molar-refractivity contribution in [3.8, 4) is 5.75 Å². The molecule has 1 aliphatic rings. The third-order valence-electron chi connectivity index (χ3n) is 3.90. The van der Waals surface area contributed by atoms with E-state index < -0.39 is 0 Å². The molecule has 2 unspecified atom stereocenters. The maximum Gasteiger partial charge on any atom is 0.226 e. The number of hydrogen-bond acceptors (Lipinski definition) is 3. The summed E-state index contributed by atoms with van der Waals surface area (Å²) in [6, 6.07) is 9.52. The summed E-state index contributed by atoms with van der Waals surface area (Å²) in [6.45, 7) is 3.78. The van der Waals surface area contributed by atoms with Crippen LogP contribution in [-0.4, -0.2) is 41.7 Å². The maximum atomic E-state index is 12.1. The van der Waals surface area contributed by atoms with Gasteiger partial charge < -0.3 is 14.7 Å². The van der Waals surface area contributed by atoms with E-state index in [1.165, 1.54) is 0 Å². The standard InChI is InChI=1S/C16H23NO3/c1-2-13-12-17(10-8-15(13)18)16(19)9-11-20-14-6-4-3-5-7-14/h3-7,13,15,18H,2,8-12H2,1H3. The fourth-order valence-corrected chi connectivity index (χ4v) is 2.58. The van der Waals surface area contributed by atoms with E-state index in [2.05, 4.69) is 6.92 Å². The minimum atomic E-state index is -0.260. The molecule has 1 amide bonds. The first kappa shape index (κ1) is 14.9. The Bertz CT molecular complexity index is 421.